The van der Waals surface area contributed by atoms with E-state index in [1.807, 2.05) is 13.8 Å². The van der Waals surface area contributed by atoms with E-state index in [0.29, 0.717) is 19.3 Å². The van der Waals surface area contributed by atoms with Crippen molar-refractivity contribution in [1.29, 1.82) is 0 Å². The summed E-state index contributed by atoms with van der Waals surface area (Å²) >= 11 is 0. The number of rotatable bonds is 11. The molecular weight excluding hydrogens is 320 g/mol. The van der Waals surface area contributed by atoms with Gasteiger partial charge in [-0.3, -0.25) is 20.2 Å². The van der Waals surface area contributed by atoms with E-state index in [1.165, 1.54) is 0 Å². The van der Waals surface area contributed by atoms with Crippen molar-refractivity contribution < 1.29 is 24.1 Å². The Morgan fingerprint density at radius 3 is 1.79 bits per heavy atom. The summed E-state index contributed by atoms with van der Waals surface area (Å²) in [5, 5.41) is 22.9. The van der Waals surface area contributed by atoms with Gasteiger partial charge in [-0.05, 0) is 19.3 Å². The van der Waals surface area contributed by atoms with Crippen molar-refractivity contribution in [2.75, 3.05) is 19.8 Å². The lowest BCUT2D eigenvalue weighted by Gasteiger charge is -2.15. The molecule has 134 valence electrons. The molecule has 9 nitrogen and oxygen atoms in total. The van der Waals surface area contributed by atoms with Crippen molar-refractivity contribution in [3.05, 3.63) is 26.3 Å². The molecule has 0 bridgehead atoms. The van der Waals surface area contributed by atoms with Crippen LogP contribution in [0.5, 0.6) is 17.2 Å². The fourth-order valence-electron chi connectivity index (χ4n) is 1.91. The zero-order valence-electron chi connectivity index (χ0n) is 14.1. The minimum Gasteiger partial charge on any atom is -0.489 e. The zero-order chi connectivity index (χ0) is 18.1. The summed E-state index contributed by atoms with van der Waals surface area (Å²) in [6.07, 6.45) is 1.81. The molecule has 0 fully saturated rings. The average Bonchev–Trinajstić information content (AvgIpc) is 2.55. The molecule has 1 rings (SSSR count). The fraction of sp³-hybridized carbons (Fsp3) is 0.600. The quantitative estimate of drug-likeness (QED) is 0.443. The van der Waals surface area contributed by atoms with Crippen LogP contribution in [0.1, 0.15) is 40.0 Å². The van der Waals surface area contributed by atoms with E-state index in [-0.39, 0.29) is 31.3 Å². The van der Waals surface area contributed by atoms with Gasteiger partial charge in [0.15, 0.2) is 5.75 Å². The van der Waals surface area contributed by atoms with Gasteiger partial charge >= 0.3 is 11.4 Å². The second-order valence-electron chi connectivity index (χ2n) is 4.96. The third-order valence-electron chi connectivity index (χ3n) is 2.90. The number of benzene rings is 1. The van der Waals surface area contributed by atoms with Gasteiger partial charge in [-0.2, -0.15) is 0 Å². The molecule has 0 aromatic heterocycles. The molecule has 0 N–H and O–H groups in total. The number of nitro groups is 2. The van der Waals surface area contributed by atoms with Gasteiger partial charge < -0.3 is 14.2 Å². The number of nitrogens with zero attached hydrogens (tertiary/aromatic N) is 2. The molecule has 0 saturated heterocycles. The van der Waals surface area contributed by atoms with E-state index in [4.69, 9.17) is 14.2 Å². The number of nitro benzene ring substituents is 2. The van der Waals surface area contributed by atoms with Crippen molar-refractivity contribution in [3.63, 3.8) is 0 Å². The maximum Gasteiger partial charge on any atom is 0.363 e. The van der Waals surface area contributed by atoms with E-state index >= 15 is 0 Å². The maximum atomic E-state index is 11.5. The number of hydrogen-bond acceptors (Lipinski definition) is 7. The second kappa shape index (κ2) is 9.53. The van der Waals surface area contributed by atoms with Gasteiger partial charge in [-0.15, -0.1) is 0 Å². The Morgan fingerprint density at radius 2 is 1.33 bits per heavy atom. The third kappa shape index (κ3) is 4.71. The molecule has 0 heterocycles. The molecule has 0 amide bonds. The number of hydrogen-bond donors (Lipinski definition) is 0. The monoisotopic (exact) mass is 342 g/mol. The molecule has 9 heteroatoms. The second-order valence-corrected chi connectivity index (χ2v) is 4.96. The molecule has 0 aliphatic rings. The Kier molecular flexibility index (Phi) is 7.73. The van der Waals surface area contributed by atoms with Crippen LogP contribution in [-0.2, 0) is 0 Å². The first-order valence-corrected chi connectivity index (χ1v) is 7.85. The number of ether oxygens (including phenoxy) is 3. The standard InChI is InChI=1S/C15H22N2O7/c1-4-7-22-12-10-11(16(18)19)14(23-8-5-2)13(17(20)21)15(12)24-9-6-3/h10H,4-9H2,1-3H3. The van der Waals surface area contributed by atoms with Gasteiger partial charge in [0.25, 0.3) is 5.75 Å². The van der Waals surface area contributed by atoms with Crippen LogP contribution < -0.4 is 14.2 Å². The van der Waals surface area contributed by atoms with Crippen LogP contribution in [0.3, 0.4) is 0 Å². The molecule has 1 aromatic rings. The molecule has 0 radical (unpaired) electrons. The lowest BCUT2D eigenvalue weighted by Crippen LogP contribution is -2.09. The van der Waals surface area contributed by atoms with Crippen LogP contribution in [0.2, 0.25) is 0 Å². The van der Waals surface area contributed by atoms with Gasteiger partial charge in [0, 0.05) is 0 Å². The van der Waals surface area contributed by atoms with Crippen molar-refractivity contribution in [2.24, 2.45) is 0 Å². The maximum absolute atomic E-state index is 11.5. The summed E-state index contributed by atoms with van der Waals surface area (Å²) in [4.78, 5) is 21.4. The van der Waals surface area contributed by atoms with Gasteiger partial charge in [0.05, 0.1) is 35.7 Å². The predicted molar refractivity (Wildman–Crippen MR) is 87.1 cm³/mol. The van der Waals surface area contributed by atoms with E-state index in [2.05, 4.69) is 0 Å². The first-order chi connectivity index (χ1) is 11.5. The summed E-state index contributed by atoms with van der Waals surface area (Å²) in [6, 6.07) is 1.12. The molecule has 0 saturated carbocycles. The van der Waals surface area contributed by atoms with Gasteiger partial charge in [-0.1, -0.05) is 20.8 Å². The molecule has 0 atom stereocenters. The summed E-state index contributed by atoms with van der Waals surface area (Å²) in [5.74, 6) is -0.554. The highest BCUT2D eigenvalue weighted by molar-refractivity contribution is 5.72. The molecule has 0 aliphatic heterocycles. The van der Waals surface area contributed by atoms with Crippen LogP contribution in [-0.4, -0.2) is 29.7 Å². The SMILES string of the molecule is CCCOc1cc([N+](=O)[O-])c(OCCC)c([N+](=O)[O-])c1OCCC. The highest BCUT2D eigenvalue weighted by Gasteiger charge is 2.36. The normalized spacial score (nSPS) is 10.3. The van der Waals surface area contributed by atoms with Gasteiger partial charge in [0.2, 0.25) is 5.75 Å². The Morgan fingerprint density at radius 1 is 0.833 bits per heavy atom. The van der Waals surface area contributed by atoms with Crippen molar-refractivity contribution in [2.45, 2.75) is 40.0 Å². The van der Waals surface area contributed by atoms with E-state index in [0.717, 1.165) is 6.07 Å². The topological polar surface area (TPSA) is 114 Å². The van der Waals surface area contributed by atoms with Crippen molar-refractivity contribution in [1.82, 2.24) is 0 Å². The summed E-state index contributed by atoms with van der Waals surface area (Å²) < 4.78 is 16.2. The van der Waals surface area contributed by atoms with Crippen LogP contribution >= 0.6 is 0 Å². The van der Waals surface area contributed by atoms with Crippen LogP contribution in [0.15, 0.2) is 6.07 Å². The summed E-state index contributed by atoms with van der Waals surface area (Å²) in [6.45, 7) is 6.09. The largest absolute Gasteiger partial charge is 0.489 e. The van der Waals surface area contributed by atoms with E-state index in [1.54, 1.807) is 6.92 Å². The Balaban J connectivity index is 3.58. The summed E-state index contributed by atoms with van der Waals surface area (Å²) in [5.41, 5.74) is -1.08. The lowest BCUT2D eigenvalue weighted by atomic mass is 10.2. The highest BCUT2D eigenvalue weighted by Crippen LogP contribution is 2.49. The smallest absolute Gasteiger partial charge is 0.363 e. The first kappa shape index (κ1) is 19.5. The third-order valence-corrected chi connectivity index (χ3v) is 2.90. The fourth-order valence-corrected chi connectivity index (χ4v) is 1.91. The molecule has 1 aromatic carbocycles. The zero-order valence-corrected chi connectivity index (χ0v) is 14.1. The Bertz CT molecular complexity index is 590. The minimum absolute atomic E-state index is 0.0208. The van der Waals surface area contributed by atoms with Crippen LogP contribution in [0.25, 0.3) is 0 Å². The highest BCUT2D eigenvalue weighted by atomic mass is 16.6. The van der Waals surface area contributed by atoms with E-state index in [9.17, 15) is 20.2 Å². The Hall–Kier alpha value is -2.58. The molecule has 0 unspecified atom stereocenters. The first-order valence-electron chi connectivity index (χ1n) is 7.85. The predicted octanol–water partition coefficient (Wildman–Crippen LogP) is 3.87. The van der Waals surface area contributed by atoms with Crippen molar-refractivity contribution in [3.8, 4) is 17.2 Å². The van der Waals surface area contributed by atoms with Crippen LogP contribution in [0.4, 0.5) is 11.4 Å². The van der Waals surface area contributed by atoms with E-state index < -0.39 is 27.0 Å². The molecular formula is C15H22N2O7. The molecule has 0 spiro atoms. The molecule has 24 heavy (non-hydrogen) atoms. The minimum atomic E-state index is -0.734. The summed E-state index contributed by atoms with van der Waals surface area (Å²) in [7, 11) is 0. The van der Waals surface area contributed by atoms with Crippen LogP contribution in [0, 0.1) is 20.2 Å². The lowest BCUT2D eigenvalue weighted by molar-refractivity contribution is -0.396. The van der Waals surface area contributed by atoms with Gasteiger partial charge in [-0.25, -0.2) is 0 Å². The Labute approximate surface area is 139 Å². The van der Waals surface area contributed by atoms with Crippen molar-refractivity contribution >= 4 is 11.4 Å². The molecule has 0 aliphatic carbocycles. The average molecular weight is 342 g/mol. The van der Waals surface area contributed by atoms with Gasteiger partial charge in [0.1, 0.15) is 0 Å².